The molecule has 0 spiro atoms. The second-order valence-corrected chi connectivity index (χ2v) is 2.91. The first-order valence-corrected chi connectivity index (χ1v) is 3.45. The van der Waals surface area contributed by atoms with Crippen molar-refractivity contribution in [2.75, 3.05) is 0 Å². The average molecular weight is 110 g/mol. The van der Waals surface area contributed by atoms with Gasteiger partial charge < -0.3 is 0 Å². The maximum atomic E-state index is 3.78. The summed E-state index contributed by atoms with van der Waals surface area (Å²) < 4.78 is 0. The van der Waals surface area contributed by atoms with Crippen molar-refractivity contribution in [1.82, 2.24) is 0 Å². The molecular weight excluding hydrogens is 96.1 g/mol. The van der Waals surface area contributed by atoms with Crippen molar-refractivity contribution in [3.63, 3.8) is 0 Å². The van der Waals surface area contributed by atoms with Crippen LogP contribution in [0.25, 0.3) is 0 Å². The Morgan fingerprint density at radius 2 is 2.25 bits per heavy atom. The van der Waals surface area contributed by atoms with E-state index in [-0.39, 0.29) is 0 Å². The first-order chi connectivity index (χ1) is 3.83. The highest BCUT2D eigenvalue weighted by Gasteiger charge is 2.17. The Kier molecular flexibility index (Phi) is 1.72. The van der Waals surface area contributed by atoms with Crippen LogP contribution in [0.15, 0.2) is 12.7 Å². The zero-order valence-corrected chi connectivity index (χ0v) is 5.56. The van der Waals surface area contributed by atoms with Gasteiger partial charge in [-0.15, -0.1) is 6.58 Å². The van der Waals surface area contributed by atoms with Gasteiger partial charge in [0.1, 0.15) is 0 Å². The Morgan fingerprint density at radius 1 is 1.50 bits per heavy atom. The summed E-state index contributed by atoms with van der Waals surface area (Å²) in [7, 11) is 0. The molecule has 0 N–H and O–H groups in total. The third-order valence-electron chi connectivity index (χ3n) is 2.07. The molecule has 1 aliphatic rings. The van der Waals surface area contributed by atoms with E-state index >= 15 is 0 Å². The van der Waals surface area contributed by atoms with Crippen LogP contribution in [-0.4, -0.2) is 0 Å². The van der Waals surface area contributed by atoms with Gasteiger partial charge in [0, 0.05) is 0 Å². The Balaban J connectivity index is 2.32. The summed E-state index contributed by atoms with van der Waals surface area (Å²) in [5.41, 5.74) is 0. The molecule has 0 saturated heterocycles. The van der Waals surface area contributed by atoms with Crippen LogP contribution >= 0.6 is 0 Å². The molecule has 0 unspecified atom stereocenters. The Hall–Kier alpha value is -0.260. The van der Waals surface area contributed by atoms with Crippen LogP contribution in [0.4, 0.5) is 0 Å². The van der Waals surface area contributed by atoms with Crippen LogP contribution in [0.1, 0.15) is 26.2 Å². The summed E-state index contributed by atoms with van der Waals surface area (Å²) in [5, 5.41) is 0. The van der Waals surface area contributed by atoms with E-state index in [1.54, 1.807) is 0 Å². The topological polar surface area (TPSA) is 0 Å². The lowest BCUT2D eigenvalue weighted by molar-refractivity contribution is 0.586. The lowest BCUT2D eigenvalue weighted by Gasteiger charge is -1.98. The highest BCUT2D eigenvalue weighted by atomic mass is 14.2. The monoisotopic (exact) mass is 110 g/mol. The van der Waals surface area contributed by atoms with Crippen molar-refractivity contribution in [2.24, 2.45) is 11.8 Å². The van der Waals surface area contributed by atoms with Crippen molar-refractivity contribution < 1.29 is 0 Å². The quantitative estimate of drug-likeness (QED) is 0.455. The average Bonchev–Trinajstić information content (AvgIpc) is 2.14. The largest absolute Gasteiger partial charge is 0.103 e. The van der Waals surface area contributed by atoms with Gasteiger partial charge in [-0.05, 0) is 24.7 Å². The molecule has 0 aromatic heterocycles. The third-order valence-corrected chi connectivity index (χ3v) is 2.07. The second-order valence-electron chi connectivity index (χ2n) is 2.91. The predicted octanol–water partition coefficient (Wildman–Crippen LogP) is 2.61. The van der Waals surface area contributed by atoms with Crippen molar-refractivity contribution in [3.8, 4) is 0 Å². The first kappa shape index (κ1) is 5.87. The zero-order chi connectivity index (χ0) is 5.98. The Bertz CT molecular complexity index is 84.0. The SMILES string of the molecule is C=C[C@H]1CC[C@H](C)C1. The van der Waals surface area contributed by atoms with E-state index < -0.39 is 0 Å². The van der Waals surface area contributed by atoms with Crippen LogP contribution in [0.2, 0.25) is 0 Å². The lowest BCUT2D eigenvalue weighted by Crippen LogP contribution is -1.86. The minimum absolute atomic E-state index is 0.838. The van der Waals surface area contributed by atoms with Crippen molar-refractivity contribution in [3.05, 3.63) is 12.7 Å². The van der Waals surface area contributed by atoms with Gasteiger partial charge in [-0.2, -0.15) is 0 Å². The molecule has 0 amide bonds. The van der Waals surface area contributed by atoms with Crippen LogP contribution in [0.3, 0.4) is 0 Å². The minimum atomic E-state index is 0.838. The maximum absolute atomic E-state index is 3.78. The molecule has 1 rings (SSSR count). The van der Waals surface area contributed by atoms with Crippen LogP contribution in [-0.2, 0) is 0 Å². The molecule has 1 saturated carbocycles. The summed E-state index contributed by atoms with van der Waals surface area (Å²) in [4.78, 5) is 0. The van der Waals surface area contributed by atoms with E-state index in [4.69, 9.17) is 0 Å². The number of rotatable bonds is 1. The molecule has 46 valence electrons. The van der Waals surface area contributed by atoms with Crippen LogP contribution < -0.4 is 0 Å². The zero-order valence-electron chi connectivity index (χ0n) is 5.56. The second kappa shape index (κ2) is 2.34. The predicted molar refractivity (Wildman–Crippen MR) is 36.7 cm³/mol. The smallest absolute Gasteiger partial charge is 0.0234 e. The van der Waals surface area contributed by atoms with Gasteiger partial charge in [-0.25, -0.2) is 0 Å². The fraction of sp³-hybridized carbons (Fsp3) is 0.750. The van der Waals surface area contributed by atoms with Crippen LogP contribution in [0.5, 0.6) is 0 Å². The first-order valence-electron chi connectivity index (χ1n) is 3.45. The fourth-order valence-electron chi connectivity index (χ4n) is 1.47. The molecule has 0 aromatic carbocycles. The molecular formula is C8H14. The van der Waals surface area contributed by atoms with E-state index in [0.29, 0.717) is 0 Å². The summed E-state index contributed by atoms with van der Waals surface area (Å²) in [6.07, 6.45) is 6.27. The fourth-order valence-corrected chi connectivity index (χ4v) is 1.47. The molecule has 0 bridgehead atoms. The normalized spacial score (nSPS) is 37.6. The molecule has 0 aliphatic heterocycles. The molecule has 0 nitrogen and oxygen atoms in total. The Morgan fingerprint density at radius 3 is 2.50 bits per heavy atom. The van der Waals surface area contributed by atoms with Crippen molar-refractivity contribution >= 4 is 0 Å². The standard InChI is InChI=1S/C8H14/c1-3-8-5-4-7(2)6-8/h3,7-8H,1,4-6H2,2H3/t7-,8-/m0/s1. The van der Waals surface area contributed by atoms with E-state index in [1.807, 2.05) is 0 Å². The maximum Gasteiger partial charge on any atom is -0.0234 e. The highest BCUT2D eigenvalue weighted by molar-refractivity contribution is 4.85. The van der Waals surface area contributed by atoms with E-state index in [1.165, 1.54) is 19.3 Å². The molecule has 2 atom stereocenters. The van der Waals surface area contributed by atoms with Gasteiger partial charge in [0.15, 0.2) is 0 Å². The lowest BCUT2D eigenvalue weighted by atomic mass is 10.1. The number of hydrogen-bond donors (Lipinski definition) is 0. The van der Waals surface area contributed by atoms with Gasteiger partial charge in [0.2, 0.25) is 0 Å². The molecule has 0 heteroatoms. The summed E-state index contributed by atoms with van der Waals surface area (Å²) in [6, 6.07) is 0. The van der Waals surface area contributed by atoms with Gasteiger partial charge in [0.25, 0.3) is 0 Å². The van der Waals surface area contributed by atoms with Gasteiger partial charge in [-0.3, -0.25) is 0 Å². The molecule has 0 heterocycles. The van der Waals surface area contributed by atoms with Crippen molar-refractivity contribution in [1.29, 1.82) is 0 Å². The van der Waals surface area contributed by atoms with Gasteiger partial charge in [0.05, 0.1) is 0 Å². The Labute approximate surface area is 51.6 Å². The number of hydrogen-bond acceptors (Lipinski definition) is 0. The van der Waals surface area contributed by atoms with E-state index in [0.717, 1.165) is 11.8 Å². The van der Waals surface area contributed by atoms with Gasteiger partial charge in [-0.1, -0.05) is 19.4 Å². The third kappa shape index (κ3) is 1.12. The summed E-state index contributed by atoms with van der Waals surface area (Å²) in [6.45, 7) is 6.10. The van der Waals surface area contributed by atoms with Crippen molar-refractivity contribution in [2.45, 2.75) is 26.2 Å². The molecule has 0 radical (unpaired) electrons. The van der Waals surface area contributed by atoms with Gasteiger partial charge >= 0.3 is 0 Å². The molecule has 1 aliphatic carbocycles. The van der Waals surface area contributed by atoms with Crippen LogP contribution in [0, 0.1) is 11.8 Å². The molecule has 8 heavy (non-hydrogen) atoms. The molecule has 1 fully saturated rings. The van der Waals surface area contributed by atoms with E-state index in [2.05, 4.69) is 19.6 Å². The van der Waals surface area contributed by atoms with E-state index in [9.17, 15) is 0 Å². The number of allylic oxidation sites excluding steroid dienone is 1. The molecule has 0 aromatic rings. The summed E-state index contributed by atoms with van der Waals surface area (Å²) in [5.74, 6) is 1.79. The minimum Gasteiger partial charge on any atom is -0.103 e. The highest BCUT2D eigenvalue weighted by Crippen LogP contribution is 2.30. The summed E-state index contributed by atoms with van der Waals surface area (Å²) >= 11 is 0.